The lowest BCUT2D eigenvalue weighted by molar-refractivity contribution is -0.123. The predicted octanol–water partition coefficient (Wildman–Crippen LogP) is 3.49. The SMILES string of the molecule is C=CCCC(=O)C1CCCCCC1. The fourth-order valence-electron chi connectivity index (χ4n) is 2.05. The summed E-state index contributed by atoms with van der Waals surface area (Å²) in [5.41, 5.74) is 0. The molecule has 0 radical (unpaired) electrons. The summed E-state index contributed by atoms with van der Waals surface area (Å²) in [5.74, 6) is 0.851. The lowest BCUT2D eigenvalue weighted by Crippen LogP contribution is -2.12. The quantitative estimate of drug-likeness (QED) is 0.478. The first-order valence-electron chi connectivity index (χ1n) is 5.48. The summed E-state index contributed by atoms with van der Waals surface area (Å²) in [6.07, 6.45) is 10.8. The van der Waals surface area contributed by atoms with Gasteiger partial charge in [0.1, 0.15) is 5.78 Å². The monoisotopic (exact) mass is 180 g/mol. The van der Waals surface area contributed by atoms with Crippen molar-refractivity contribution < 1.29 is 4.79 Å². The van der Waals surface area contributed by atoms with E-state index in [0.29, 0.717) is 18.1 Å². The highest BCUT2D eigenvalue weighted by molar-refractivity contribution is 5.81. The minimum absolute atomic E-state index is 0.377. The molecule has 1 nitrogen and oxygen atoms in total. The number of allylic oxidation sites excluding steroid dienone is 1. The Morgan fingerprint density at radius 3 is 2.38 bits per heavy atom. The van der Waals surface area contributed by atoms with Crippen molar-refractivity contribution in [2.24, 2.45) is 5.92 Å². The summed E-state index contributed by atoms with van der Waals surface area (Å²) in [4.78, 5) is 11.7. The molecule has 0 spiro atoms. The van der Waals surface area contributed by atoms with Crippen molar-refractivity contribution >= 4 is 5.78 Å². The molecule has 1 rings (SSSR count). The fourth-order valence-corrected chi connectivity index (χ4v) is 2.05. The number of carbonyl (C=O) groups excluding carboxylic acids is 1. The Morgan fingerprint density at radius 2 is 1.85 bits per heavy atom. The first-order chi connectivity index (χ1) is 6.34. The highest BCUT2D eigenvalue weighted by atomic mass is 16.1. The summed E-state index contributed by atoms with van der Waals surface area (Å²) in [5, 5.41) is 0. The standard InChI is InChI=1S/C12H20O/c1-2-3-10-12(13)11-8-6-4-5-7-9-11/h2,11H,1,3-10H2. The van der Waals surface area contributed by atoms with Gasteiger partial charge in [0.05, 0.1) is 0 Å². The van der Waals surface area contributed by atoms with E-state index in [2.05, 4.69) is 6.58 Å². The molecule has 0 saturated heterocycles. The molecule has 0 amide bonds. The van der Waals surface area contributed by atoms with Gasteiger partial charge in [-0.05, 0) is 19.3 Å². The Balaban J connectivity index is 2.30. The third-order valence-corrected chi connectivity index (χ3v) is 2.91. The fraction of sp³-hybridized carbons (Fsp3) is 0.750. The average molecular weight is 180 g/mol. The van der Waals surface area contributed by atoms with Crippen LogP contribution in [0.2, 0.25) is 0 Å². The van der Waals surface area contributed by atoms with E-state index >= 15 is 0 Å². The maximum absolute atomic E-state index is 11.7. The summed E-state index contributed by atoms with van der Waals surface area (Å²) in [6, 6.07) is 0. The van der Waals surface area contributed by atoms with Crippen LogP contribution in [0.25, 0.3) is 0 Å². The molecule has 1 heteroatoms. The van der Waals surface area contributed by atoms with Crippen molar-refractivity contribution in [3.8, 4) is 0 Å². The van der Waals surface area contributed by atoms with Gasteiger partial charge in [-0.1, -0.05) is 31.8 Å². The molecule has 0 unspecified atom stereocenters. The minimum Gasteiger partial charge on any atom is -0.299 e. The van der Waals surface area contributed by atoms with Gasteiger partial charge >= 0.3 is 0 Å². The molecule has 0 bridgehead atoms. The normalized spacial score (nSPS) is 19.4. The molecule has 1 saturated carbocycles. The molecule has 0 aliphatic heterocycles. The summed E-state index contributed by atoms with van der Waals surface area (Å²) < 4.78 is 0. The van der Waals surface area contributed by atoms with Crippen LogP contribution in [-0.4, -0.2) is 5.78 Å². The molecule has 0 aromatic rings. The molecule has 0 N–H and O–H groups in total. The Bertz CT molecular complexity index is 164. The van der Waals surface area contributed by atoms with Crippen molar-refractivity contribution in [2.75, 3.05) is 0 Å². The Morgan fingerprint density at radius 1 is 1.23 bits per heavy atom. The Kier molecular flexibility index (Phi) is 4.81. The van der Waals surface area contributed by atoms with Crippen molar-refractivity contribution in [3.05, 3.63) is 12.7 Å². The van der Waals surface area contributed by atoms with Crippen molar-refractivity contribution in [1.29, 1.82) is 0 Å². The maximum Gasteiger partial charge on any atom is 0.136 e. The molecule has 74 valence electrons. The number of ketones is 1. The van der Waals surface area contributed by atoms with Crippen LogP contribution in [0.3, 0.4) is 0 Å². The van der Waals surface area contributed by atoms with E-state index in [1.54, 1.807) is 0 Å². The van der Waals surface area contributed by atoms with Gasteiger partial charge in [0.25, 0.3) is 0 Å². The molecule has 0 atom stereocenters. The zero-order chi connectivity index (χ0) is 9.52. The third-order valence-electron chi connectivity index (χ3n) is 2.91. The van der Waals surface area contributed by atoms with Gasteiger partial charge in [0, 0.05) is 12.3 Å². The van der Waals surface area contributed by atoms with Gasteiger partial charge in [-0.15, -0.1) is 6.58 Å². The topological polar surface area (TPSA) is 17.1 Å². The second kappa shape index (κ2) is 5.95. The van der Waals surface area contributed by atoms with Crippen LogP contribution in [0, 0.1) is 5.92 Å². The number of Topliss-reactive ketones (excluding diaryl/α,β-unsaturated/α-hetero) is 1. The van der Waals surface area contributed by atoms with Gasteiger partial charge in [0.2, 0.25) is 0 Å². The smallest absolute Gasteiger partial charge is 0.136 e. The first kappa shape index (κ1) is 10.5. The van der Waals surface area contributed by atoms with Crippen LogP contribution in [0.5, 0.6) is 0 Å². The van der Waals surface area contributed by atoms with Crippen LogP contribution < -0.4 is 0 Å². The molecule has 0 aromatic carbocycles. The van der Waals surface area contributed by atoms with Crippen LogP contribution in [0.4, 0.5) is 0 Å². The Hall–Kier alpha value is -0.590. The molecule has 1 fully saturated rings. The van der Waals surface area contributed by atoms with E-state index in [9.17, 15) is 4.79 Å². The van der Waals surface area contributed by atoms with Crippen LogP contribution in [0.1, 0.15) is 51.4 Å². The minimum atomic E-state index is 0.377. The van der Waals surface area contributed by atoms with Crippen molar-refractivity contribution in [2.45, 2.75) is 51.4 Å². The van der Waals surface area contributed by atoms with Crippen molar-refractivity contribution in [1.82, 2.24) is 0 Å². The summed E-state index contributed by atoms with van der Waals surface area (Å²) >= 11 is 0. The molecule has 0 aromatic heterocycles. The van der Waals surface area contributed by atoms with E-state index in [1.807, 2.05) is 6.08 Å². The van der Waals surface area contributed by atoms with E-state index in [4.69, 9.17) is 0 Å². The molecule has 0 heterocycles. The highest BCUT2D eigenvalue weighted by Gasteiger charge is 2.18. The van der Waals surface area contributed by atoms with Gasteiger partial charge in [-0.2, -0.15) is 0 Å². The average Bonchev–Trinajstić information content (AvgIpc) is 2.42. The number of carbonyl (C=O) groups is 1. The molecule has 1 aliphatic carbocycles. The van der Waals surface area contributed by atoms with E-state index in [0.717, 1.165) is 19.3 Å². The van der Waals surface area contributed by atoms with Gasteiger partial charge in [0.15, 0.2) is 0 Å². The zero-order valence-electron chi connectivity index (χ0n) is 8.43. The maximum atomic E-state index is 11.7. The number of hydrogen-bond donors (Lipinski definition) is 0. The second-order valence-electron chi connectivity index (χ2n) is 3.98. The number of hydrogen-bond acceptors (Lipinski definition) is 1. The molecular weight excluding hydrogens is 160 g/mol. The summed E-state index contributed by atoms with van der Waals surface area (Å²) in [6.45, 7) is 3.64. The van der Waals surface area contributed by atoms with E-state index in [-0.39, 0.29) is 0 Å². The lowest BCUT2D eigenvalue weighted by atomic mass is 9.93. The molecular formula is C12H20O. The largest absolute Gasteiger partial charge is 0.299 e. The van der Waals surface area contributed by atoms with Gasteiger partial charge < -0.3 is 0 Å². The van der Waals surface area contributed by atoms with Crippen molar-refractivity contribution in [3.63, 3.8) is 0 Å². The van der Waals surface area contributed by atoms with Crippen LogP contribution in [-0.2, 0) is 4.79 Å². The van der Waals surface area contributed by atoms with Crippen LogP contribution in [0.15, 0.2) is 12.7 Å². The van der Waals surface area contributed by atoms with E-state index in [1.165, 1.54) is 25.7 Å². The number of rotatable bonds is 4. The third kappa shape index (κ3) is 3.75. The second-order valence-corrected chi connectivity index (χ2v) is 3.98. The summed E-state index contributed by atoms with van der Waals surface area (Å²) in [7, 11) is 0. The van der Waals surface area contributed by atoms with Gasteiger partial charge in [-0.3, -0.25) is 4.79 Å². The zero-order valence-corrected chi connectivity index (χ0v) is 8.43. The molecule has 13 heavy (non-hydrogen) atoms. The lowest BCUT2D eigenvalue weighted by Gasteiger charge is -2.11. The Labute approximate surface area is 81.2 Å². The van der Waals surface area contributed by atoms with Crippen LogP contribution >= 0.6 is 0 Å². The predicted molar refractivity (Wildman–Crippen MR) is 55.6 cm³/mol. The van der Waals surface area contributed by atoms with Gasteiger partial charge in [-0.25, -0.2) is 0 Å². The van der Waals surface area contributed by atoms with E-state index < -0.39 is 0 Å². The highest BCUT2D eigenvalue weighted by Crippen LogP contribution is 2.24. The first-order valence-corrected chi connectivity index (χ1v) is 5.48. The molecule has 1 aliphatic rings.